The second-order valence-electron chi connectivity index (χ2n) is 2.80. The zero-order chi connectivity index (χ0) is 10.8. The topological polar surface area (TPSA) is 56.8 Å². The third-order valence-electron chi connectivity index (χ3n) is 1.68. The highest BCUT2D eigenvalue weighted by Gasteiger charge is 2.10. The summed E-state index contributed by atoms with van der Waals surface area (Å²) >= 11 is 0. The fourth-order valence-corrected chi connectivity index (χ4v) is 0.852. The van der Waals surface area contributed by atoms with Crippen LogP contribution in [0.3, 0.4) is 0 Å². The number of esters is 1. The third kappa shape index (κ3) is 6.82. The Morgan fingerprint density at radius 3 is 2.57 bits per heavy atom. The number of hydrogen-bond acceptors (Lipinski definition) is 5. The van der Waals surface area contributed by atoms with E-state index >= 15 is 0 Å². The number of carbonyl (C=O) groups excluding carboxylic acids is 1. The third-order valence-corrected chi connectivity index (χ3v) is 1.68. The molecule has 1 atom stereocenters. The van der Waals surface area contributed by atoms with Crippen LogP contribution in [0, 0.1) is 0 Å². The molecule has 5 nitrogen and oxygen atoms in total. The van der Waals surface area contributed by atoms with Crippen LogP contribution in [0.25, 0.3) is 0 Å². The predicted octanol–water partition coefficient (Wildman–Crippen LogP) is -0.199. The lowest BCUT2D eigenvalue weighted by molar-refractivity contribution is -0.142. The average molecular weight is 205 g/mol. The van der Waals surface area contributed by atoms with Crippen LogP contribution < -0.4 is 5.32 Å². The Labute approximate surface area is 84.7 Å². The van der Waals surface area contributed by atoms with E-state index in [9.17, 15) is 4.79 Å². The molecule has 0 aliphatic carbocycles. The number of ether oxygens (including phenoxy) is 3. The first kappa shape index (κ1) is 13.4. The first-order chi connectivity index (χ1) is 6.72. The van der Waals surface area contributed by atoms with Crippen LogP contribution in [0.2, 0.25) is 0 Å². The molecule has 0 aromatic carbocycles. The van der Waals surface area contributed by atoms with Crippen molar-refractivity contribution in [2.24, 2.45) is 0 Å². The first-order valence-corrected chi connectivity index (χ1v) is 4.60. The van der Waals surface area contributed by atoms with Crippen LogP contribution in [0.15, 0.2) is 0 Å². The van der Waals surface area contributed by atoms with Crippen LogP contribution in [-0.4, -0.2) is 52.6 Å². The predicted molar refractivity (Wildman–Crippen MR) is 52.2 cm³/mol. The van der Waals surface area contributed by atoms with Crippen molar-refractivity contribution in [2.45, 2.75) is 13.0 Å². The summed E-state index contributed by atoms with van der Waals surface area (Å²) in [6.07, 6.45) is 0. The summed E-state index contributed by atoms with van der Waals surface area (Å²) < 4.78 is 14.5. The van der Waals surface area contributed by atoms with E-state index in [4.69, 9.17) is 9.47 Å². The van der Waals surface area contributed by atoms with Gasteiger partial charge >= 0.3 is 5.97 Å². The van der Waals surface area contributed by atoms with E-state index in [0.717, 1.165) is 0 Å². The van der Waals surface area contributed by atoms with E-state index in [0.29, 0.717) is 26.4 Å². The van der Waals surface area contributed by atoms with Crippen molar-refractivity contribution in [3.8, 4) is 0 Å². The smallest absolute Gasteiger partial charge is 0.322 e. The Kier molecular flexibility index (Phi) is 8.51. The van der Waals surface area contributed by atoms with Gasteiger partial charge in [-0.3, -0.25) is 4.79 Å². The van der Waals surface area contributed by atoms with Crippen molar-refractivity contribution in [3.63, 3.8) is 0 Å². The number of rotatable bonds is 8. The zero-order valence-corrected chi connectivity index (χ0v) is 9.04. The second kappa shape index (κ2) is 8.93. The molecule has 0 aliphatic heterocycles. The Balaban J connectivity index is 3.23. The molecule has 0 saturated carbocycles. The molecule has 84 valence electrons. The zero-order valence-electron chi connectivity index (χ0n) is 9.04. The first-order valence-electron chi connectivity index (χ1n) is 4.60. The van der Waals surface area contributed by atoms with Gasteiger partial charge in [0.15, 0.2) is 0 Å². The Hall–Kier alpha value is -0.650. The molecule has 0 spiro atoms. The number of methoxy groups -OCH3 is 2. The van der Waals surface area contributed by atoms with E-state index in [1.54, 1.807) is 14.0 Å². The van der Waals surface area contributed by atoms with Crippen LogP contribution in [0.1, 0.15) is 6.92 Å². The van der Waals surface area contributed by atoms with E-state index in [2.05, 4.69) is 10.1 Å². The molecule has 0 amide bonds. The average Bonchev–Trinajstić information content (AvgIpc) is 2.21. The summed E-state index contributed by atoms with van der Waals surface area (Å²) in [7, 11) is 3.00. The van der Waals surface area contributed by atoms with Gasteiger partial charge < -0.3 is 19.5 Å². The van der Waals surface area contributed by atoms with Crippen molar-refractivity contribution >= 4 is 5.97 Å². The van der Waals surface area contributed by atoms with Gasteiger partial charge in [0.25, 0.3) is 0 Å². The summed E-state index contributed by atoms with van der Waals surface area (Å²) in [6, 6.07) is -0.286. The summed E-state index contributed by atoms with van der Waals surface area (Å²) in [5, 5.41) is 2.97. The van der Waals surface area contributed by atoms with Gasteiger partial charge in [0.05, 0.1) is 26.9 Å². The molecule has 0 aromatic rings. The van der Waals surface area contributed by atoms with Crippen LogP contribution in [0.4, 0.5) is 0 Å². The van der Waals surface area contributed by atoms with Gasteiger partial charge in [0.1, 0.15) is 6.04 Å². The Morgan fingerprint density at radius 2 is 2.00 bits per heavy atom. The molecule has 1 unspecified atom stereocenters. The van der Waals surface area contributed by atoms with E-state index in [-0.39, 0.29) is 12.0 Å². The summed E-state index contributed by atoms with van der Waals surface area (Å²) in [5.41, 5.74) is 0. The molecule has 5 heteroatoms. The summed E-state index contributed by atoms with van der Waals surface area (Å²) in [4.78, 5) is 10.9. The lowest BCUT2D eigenvalue weighted by Crippen LogP contribution is -2.36. The van der Waals surface area contributed by atoms with Gasteiger partial charge in [-0.1, -0.05) is 0 Å². The molecule has 0 bridgehead atoms. The number of hydrogen-bond donors (Lipinski definition) is 1. The highest BCUT2D eigenvalue weighted by atomic mass is 16.5. The second-order valence-corrected chi connectivity index (χ2v) is 2.80. The van der Waals surface area contributed by atoms with Crippen LogP contribution >= 0.6 is 0 Å². The summed E-state index contributed by atoms with van der Waals surface area (Å²) in [6.45, 7) is 4.10. The van der Waals surface area contributed by atoms with Crippen molar-refractivity contribution in [1.82, 2.24) is 5.32 Å². The molecule has 0 saturated heterocycles. The monoisotopic (exact) mass is 205 g/mol. The van der Waals surface area contributed by atoms with Gasteiger partial charge in [0, 0.05) is 13.7 Å². The van der Waals surface area contributed by atoms with Gasteiger partial charge in [-0.15, -0.1) is 0 Å². The molecule has 0 heterocycles. The minimum Gasteiger partial charge on any atom is -0.468 e. The fraction of sp³-hybridized carbons (Fsp3) is 0.889. The van der Waals surface area contributed by atoms with Crippen LogP contribution in [0.5, 0.6) is 0 Å². The van der Waals surface area contributed by atoms with Gasteiger partial charge in [-0.05, 0) is 6.92 Å². The maximum Gasteiger partial charge on any atom is 0.322 e. The standard InChI is InChI=1S/C9H19NO4/c1-8(9(11)13-3)10-4-5-14-7-6-12-2/h8,10H,4-7H2,1-3H3. The van der Waals surface area contributed by atoms with Gasteiger partial charge in [-0.2, -0.15) is 0 Å². The lowest BCUT2D eigenvalue weighted by Gasteiger charge is -2.11. The SMILES string of the molecule is COCCOCCNC(C)C(=O)OC. The molecule has 0 rings (SSSR count). The van der Waals surface area contributed by atoms with Crippen molar-refractivity contribution in [2.75, 3.05) is 40.6 Å². The highest BCUT2D eigenvalue weighted by molar-refractivity contribution is 5.74. The van der Waals surface area contributed by atoms with Gasteiger partial charge in [0.2, 0.25) is 0 Å². The largest absolute Gasteiger partial charge is 0.468 e. The lowest BCUT2D eigenvalue weighted by atomic mass is 10.3. The van der Waals surface area contributed by atoms with E-state index in [1.165, 1.54) is 7.11 Å². The molecule has 0 aliphatic rings. The molecule has 0 fully saturated rings. The highest BCUT2D eigenvalue weighted by Crippen LogP contribution is 1.85. The maximum absolute atomic E-state index is 10.9. The van der Waals surface area contributed by atoms with Crippen LogP contribution in [-0.2, 0) is 19.0 Å². The minimum absolute atomic E-state index is 0.262. The fourth-order valence-electron chi connectivity index (χ4n) is 0.852. The Bertz CT molecular complexity index is 152. The Morgan fingerprint density at radius 1 is 1.29 bits per heavy atom. The molecule has 0 radical (unpaired) electrons. The van der Waals surface area contributed by atoms with Gasteiger partial charge in [-0.25, -0.2) is 0 Å². The van der Waals surface area contributed by atoms with Crippen molar-refractivity contribution in [3.05, 3.63) is 0 Å². The number of nitrogens with one attached hydrogen (secondary N) is 1. The van der Waals surface area contributed by atoms with Crippen molar-refractivity contribution in [1.29, 1.82) is 0 Å². The summed E-state index contributed by atoms with van der Waals surface area (Å²) in [5.74, 6) is -0.262. The number of carbonyl (C=O) groups is 1. The maximum atomic E-state index is 10.9. The quantitative estimate of drug-likeness (QED) is 0.439. The van der Waals surface area contributed by atoms with E-state index in [1.807, 2.05) is 0 Å². The molecular weight excluding hydrogens is 186 g/mol. The molecule has 0 aromatic heterocycles. The normalized spacial score (nSPS) is 12.5. The molecular formula is C9H19NO4. The molecule has 1 N–H and O–H groups in total. The minimum atomic E-state index is -0.286. The van der Waals surface area contributed by atoms with E-state index < -0.39 is 0 Å². The molecule has 14 heavy (non-hydrogen) atoms. The van der Waals surface area contributed by atoms with Crippen molar-refractivity contribution < 1.29 is 19.0 Å².